The molecule has 1 aliphatic carbocycles. The van der Waals surface area contributed by atoms with E-state index in [-0.39, 0.29) is 12.7 Å². The van der Waals surface area contributed by atoms with Crippen LogP contribution >= 0.6 is 0 Å². The molecule has 1 saturated carbocycles. The van der Waals surface area contributed by atoms with Gasteiger partial charge in [-0.25, -0.2) is 9.97 Å². The highest BCUT2D eigenvalue weighted by atomic mass is 16.3. The first-order valence-electron chi connectivity index (χ1n) is 5.92. The predicted molar refractivity (Wildman–Crippen MR) is 64.7 cm³/mol. The molecule has 0 aliphatic heterocycles. The van der Waals surface area contributed by atoms with Gasteiger partial charge in [-0.05, 0) is 25.7 Å². The fraction of sp³-hybridized carbons (Fsp3) is 0.667. The van der Waals surface area contributed by atoms with Gasteiger partial charge in [-0.3, -0.25) is 0 Å². The number of aliphatic hydroxyl groups is 2. The van der Waals surface area contributed by atoms with Crippen molar-refractivity contribution < 1.29 is 10.2 Å². The Balaban J connectivity index is 1.99. The second kappa shape index (κ2) is 4.98. The average Bonchev–Trinajstić information content (AvgIpc) is 2.26. The molecule has 1 heterocycles. The molecule has 0 radical (unpaired) electrons. The summed E-state index contributed by atoms with van der Waals surface area (Å²) in [5.41, 5.74) is 1.58. The highest BCUT2D eigenvalue weighted by molar-refractivity contribution is 5.31. The molecule has 1 aromatic heterocycles. The number of hydrogen-bond donors (Lipinski definition) is 2. The Kier molecular flexibility index (Phi) is 3.59. The van der Waals surface area contributed by atoms with Gasteiger partial charge in [-0.1, -0.05) is 0 Å². The summed E-state index contributed by atoms with van der Waals surface area (Å²) in [7, 11) is 1.96. The highest BCUT2D eigenvalue weighted by Gasteiger charge is 2.28. The van der Waals surface area contributed by atoms with Crippen molar-refractivity contribution in [2.75, 3.05) is 18.5 Å². The summed E-state index contributed by atoms with van der Waals surface area (Å²) in [4.78, 5) is 10.6. The molecule has 0 spiro atoms. The Labute approximate surface area is 101 Å². The van der Waals surface area contributed by atoms with Gasteiger partial charge in [0.25, 0.3) is 0 Å². The minimum absolute atomic E-state index is 0.0232. The minimum atomic E-state index is -0.118. The van der Waals surface area contributed by atoms with Crippen LogP contribution in [-0.4, -0.2) is 39.9 Å². The summed E-state index contributed by atoms with van der Waals surface area (Å²) in [5, 5.41) is 18.3. The molecule has 1 aromatic rings. The van der Waals surface area contributed by atoms with Crippen molar-refractivity contribution >= 4 is 5.95 Å². The third kappa shape index (κ3) is 2.73. The molecule has 5 nitrogen and oxygen atoms in total. The zero-order valence-electron chi connectivity index (χ0n) is 10.3. The molecule has 1 aliphatic rings. The van der Waals surface area contributed by atoms with Crippen LogP contribution in [0.25, 0.3) is 0 Å². The highest BCUT2D eigenvalue weighted by Crippen LogP contribution is 2.28. The Morgan fingerprint density at radius 2 is 2.18 bits per heavy atom. The largest absolute Gasteiger partial charge is 0.393 e. The quantitative estimate of drug-likeness (QED) is 0.797. The van der Waals surface area contributed by atoms with Crippen molar-refractivity contribution in [3.8, 4) is 0 Å². The van der Waals surface area contributed by atoms with Gasteiger partial charge in [0.1, 0.15) is 0 Å². The third-order valence-electron chi connectivity index (χ3n) is 3.32. The first-order chi connectivity index (χ1) is 8.10. The SMILES string of the molecule is Cc1nc(N(C)CC2CC(O)C2)ncc1CO. The van der Waals surface area contributed by atoms with Gasteiger partial charge in [-0.15, -0.1) is 0 Å². The van der Waals surface area contributed by atoms with Crippen LogP contribution in [0.3, 0.4) is 0 Å². The van der Waals surface area contributed by atoms with Crippen LogP contribution in [0.1, 0.15) is 24.1 Å². The van der Waals surface area contributed by atoms with Crippen LogP contribution in [0.15, 0.2) is 6.20 Å². The number of anilines is 1. The van der Waals surface area contributed by atoms with Crippen LogP contribution in [0.5, 0.6) is 0 Å². The van der Waals surface area contributed by atoms with E-state index in [0.29, 0.717) is 11.9 Å². The van der Waals surface area contributed by atoms with Gasteiger partial charge in [0.05, 0.1) is 12.7 Å². The van der Waals surface area contributed by atoms with E-state index in [0.717, 1.165) is 30.6 Å². The molecule has 0 bridgehead atoms. The summed E-state index contributed by atoms with van der Waals surface area (Å²) in [6.45, 7) is 2.72. The predicted octanol–water partition coefficient (Wildman–Crippen LogP) is 0.484. The van der Waals surface area contributed by atoms with Crippen LogP contribution in [0, 0.1) is 12.8 Å². The van der Waals surface area contributed by atoms with Crippen LogP contribution in [-0.2, 0) is 6.61 Å². The second-order valence-corrected chi connectivity index (χ2v) is 4.81. The maximum Gasteiger partial charge on any atom is 0.225 e. The van der Waals surface area contributed by atoms with Crippen LogP contribution in [0.2, 0.25) is 0 Å². The Morgan fingerprint density at radius 3 is 2.71 bits per heavy atom. The molecular weight excluding hydrogens is 218 g/mol. The van der Waals surface area contributed by atoms with Crippen molar-refractivity contribution in [2.45, 2.75) is 32.5 Å². The topological polar surface area (TPSA) is 69.5 Å². The first kappa shape index (κ1) is 12.3. The van der Waals surface area contributed by atoms with E-state index in [9.17, 15) is 5.11 Å². The number of rotatable bonds is 4. The smallest absolute Gasteiger partial charge is 0.225 e. The zero-order valence-corrected chi connectivity index (χ0v) is 10.3. The fourth-order valence-electron chi connectivity index (χ4n) is 2.14. The van der Waals surface area contributed by atoms with Crippen molar-refractivity contribution in [1.82, 2.24) is 9.97 Å². The van der Waals surface area contributed by atoms with Crippen molar-refractivity contribution in [1.29, 1.82) is 0 Å². The number of aliphatic hydroxyl groups excluding tert-OH is 2. The molecule has 0 atom stereocenters. The lowest BCUT2D eigenvalue weighted by molar-refractivity contribution is 0.0463. The maximum atomic E-state index is 9.24. The van der Waals surface area contributed by atoms with E-state index in [4.69, 9.17) is 5.11 Å². The lowest BCUT2D eigenvalue weighted by Crippen LogP contribution is -2.37. The maximum absolute atomic E-state index is 9.24. The van der Waals surface area contributed by atoms with E-state index in [2.05, 4.69) is 9.97 Å². The Morgan fingerprint density at radius 1 is 1.47 bits per heavy atom. The zero-order chi connectivity index (χ0) is 12.4. The van der Waals surface area contributed by atoms with Gasteiger partial charge in [0.2, 0.25) is 5.95 Å². The molecular formula is C12H19N3O2. The van der Waals surface area contributed by atoms with Gasteiger partial charge in [0.15, 0.2) is 0 Å². The number of nitrogens with zero attached hydrogens (tertiary/aromatic N) is 3. The average molecular weight is 237 g/mol. The lowest BCUT2D eigenvalue weighted by Gasteiger charge is -2.34. The standard InChI is InChI=1S/C12H19N3O2/c1-8-10(7-16)5-13-12(14-8)15(2)6-9-3-11(17)4-9/h5,9,11,16-17H,3-4,6-7H2,1-2H3. The number of aromatic nitrogens is 2. The monoisotopic (exact) mass is 237 g/mol. The third-order valence-corrected chi connectivity index (χ3v) is 3.32. The molecule has 0 aromatic carbocycles. The number of aryl methyl sites for hydroxylation is 1. The molecule has 17 heavy (non-hydrogen) atoms. The molecule has 2 rings (SSSR count). The Bertz CT molecular complexity index is 391. The molecule has 2 N–H and O–H groups in total. The van der Waals surface area contributed by atoms with Gasteiger partial charge in [0, 0.05) is 31.0 Å². The van der Waals surface area contributed by atoms with Crippen molar-refractivity contribution in [3.63, 3.8) is 0 Å². The normalized spacial score (nSPS) is 23.3. The van der Waals surface area contributed by atoms with Crippen LogP contribution < -0.4 is 4.90 Å². The Hall–Kier alpha value is -1.20. The van der Waals surface area contributed by atoms with Crippen LogP contribution in [0.4, 0.5) is 5.95 Å². The summed E-state index contributed by atoms with van der Waals surface area (Å²) < 4.78 is 0. The summed E-state index contributed by atoms with van der Waals surface area (Å²) >= 11 is 0. The molecule has 0 unspecified atom stereocenters. The van der Waals surface area contributed by atoms with E-state index in [1.165, 1.54) is 0 Å². The minimum Gasteiger partial charge on any atom is -0.393 e. The molecule has 0 amide bonds. The molecule has 94 valence electrons. The number of hydrogen-bond acceptors (Lipinski definition) is 5. The van der Waals surface area contributed by atoms with E-state index in [1.807, 2.05) is 18.9 Å². The van der Waals surface area contributed by atoms with Crippen molar-refractivity contribution in [2.24, 2.45) is 5.92 Å². The fourth-order valence-corrected chi connectivity index (χ4v) is 2.14. The first-order valence-corrected chi connectivity index (χ1v) is 5.92. The lowest BCUT2D eigenvalue weighted by atomic mass is 9.82. The molecule has 5 heteroatoms. The van der Waals surface area contributed by atoms with E-state index < -0.39 is 0 Å². The van der Waals surface area contributed by atoms with Gasteiger partial charge >= 0.3 is 0 Å². The summed E-state index contributed by atoms with van der Waals surface area (Å²) in [5.74, 6) is 1.22. The molecule has 1 fully saturated rings. The van der Waals surface area contributed by atoms with E-state index in [1.54, 1.807) is 6.20 Å². The van der Waals surface area contributed by atoms with E-state index >= 15 is 0 Å². The van der Waals surface area contributed by atoms with Gasteiger partial charge < -0.3 is 15.1 Å². The summed E-state index contributed by atoms with van der Waals surface area (Å²) in [6, 6.07) is 0. The molecule has 0 saturated heterocycles. The summed E-state index contributed by atoms with van der Waals surface area (Å²) in [6.07, 6.45) is 3.30. The second-order valence-electron chi connectivity index (χ2n) is 4.81. The van der Waals surface area contributed by atoms with Gasteiger partial charge in [-0.2, -0.15) is 0 Å². The van der Waals surface area contributed by atoms with Crippen molar-refractivity contribution in [3.05, 3.63) is 17.5 Å².